The summed E-state index contributed by atoms with van der Waals surface area (Å²) < 4.78 is 1.47. The number of nitrogens with zero attached hydrogens (tertiary/aromatic N) is 2. The summed E-state index contributed by atoms with van der Waals surface area (Å²) in [7, 11) is 0. The van der Waals surface area contributed by atoms with Crippen molar-refractivity contribution in [3.8, 4) is 5.69 Å². The van der Waals surface area contributed by atoms with Gasteiger partial charge in [0.1, 0.15) is 0 Å². The van der Waals surface area contributed by atoms with E-state index in [9.17, 15) is 9.59 Å². The summed E-state index contributed by atoms with van der Waals surface area (Å²) in [6.07, 6.45) is 0. The molecule has 1 heterocycles. The zero-order valence-corrected chi connectivity index (χ0v) is 16.5. The largest absolute Gasteiger partial charge is 0.319 e. The first-order chi connectivity index (χ1) is 12.8. The number of rotatable bonds is 3. The summed E-state index contributed by atoms with van der Waals surface area (Å²) in [6, 6.07) is 12.1. The lowest BCUT2D eigenvalue weighted by molar-refractivity contribution is 0.101. The number of hydrogen-bond acceptors (Lipinski definition) is 3. The zero-order valence-electron chi connectivity index (χ0n) is 15.0. The van der Waals surface area contributed by atoms with E-state index >= 15 is 0 Å². The molecule has 138 valence electrons. The number of nitrogens with one attached hydrogen (secondary N) is 1. The van der Waals surface area contributed by atoms with Crippen LogP contribution >= 0.6 is 23.2 Å². The van der Waals surface area contributed by atoms with Crippen LogP contribution in [-0.2, 0) is 0 Å². The lowest BCUT2D eigenvalue weighted by Crippen LogP contribution is -2.27. The molecule has 0 saturated heterocycles. The summed E-state index contributed by atoms with van der Waals surface area (Å²) in [5, 5.41) is 7.80. The smallest absolute Gasteiger partial charge is 0.280 e. The average molecular weight is 402 g/mol. The molecule has 0 fully saturated rings. The lowest BCUT2D eigenvalue weighted by atomic mass is 10.1. The molecule has 0 unspecified atom stereocenters. The Labute approximate surface area is 166 Å². The molecular formula is C20H17Cl2N3O2. The highest BCUT2D eigenvalue weighted by Crippen LogP contribution is 2.27. The Balaban J connectivity index is 2.05. The van der Waals surface area contributed by atoms with Crippen LogP contribution in [0.3, 0.4) is 0 Å². The third kappa shape index (κ3) is 3.89. The van der Waals surface area contributed by atoms with E-state index in [1.54, 1.807) is 37.3 Å². The van der Waals surface area contributed by atoms with Crippen LogP contribution in [0.4, 0.5) is 5.69 Å². The third-order valence-electron chi connectivity index (χ3n) is 4.07. The third-order valence-corrected chi connectivity index (χ3v) is 4.69. The molecule has 3 rings (SSSR count). The minimum Gasteiger partial charge on any atom is -0.319 e. The first-order valence-corrected chi connectivity index (χ1v) is 8.97. The topological polar surface area (TPSA) is 64.0 Å². The van der Waals surface area contributed by atoms with Gasteiger partial charge >= 0.3 is 0 Å². The molecule has 27 heavy (non-hydrogen) atoms. The van der Waals surface area contributed by atoms with E-state index < -0.39 is 11.3 Å². The fourth-order valence-corrected chi connectivity index (χ4v) is 3.40. The minimum atomic E-state index is -0.630. The second kappa shape index (κ2) is 7.55. The SMILES string of the molecule is Cc1cc(C)c(NC(=O)c2nn(-c3ccccc3Cl)c(C)cc2=O)c(Cl)c1. The minimum absolute atomic E-state index is 0.239. The number of carbonyl (C=O) groups excluding carboxylic acids is 1. The van der Waals surface area contributed by atoms with Crippen molar-refractivity contribution in [2.24, 2.45) is 0 Å². The van der Waals surface area contributed by atoms with E-state index in [0.29, 0.717) is 27.1 Å². The van der Waals surface area contributed by atoms with E-state index in [-0.39, 0.29) is 5.69 Å². The van der Waals surface area contributed by atoms with Gasteiger partial charge in [-0.05, 0) is 50.1 Å². The van der Waals surface area contributed by atoms with Crippen molar-refractivity contribution in [3.63, 3.8) is 0 Å². The van der Waals surface area contributed by atoms with E-state index in [2.05, 4.69) is 10.4 Å². The predicted octanol–water partition coefficient (Wildman–Crippen LogP) is 4.72. The molecule has 0 aliphatic heterocycles. The molecule has 2 aromatic carbocycles. The van der Waals surface area contributed by atoms with Crippen molar-refractivity contribution in [1.29, 1.82) is 0 Å². The van der Waals surface area contributed by atoms with Crippen LogP contribution in [0.15, 0.2) is 47.3 Å². The first kappa shape index (κ1) is 19.1. The Bertz CT molecular complexity index is 1080. The Morgan fingerprint density at radius 3 is 2.41 bits per heavy atom. The van der Waals surface area contributed by atoms with E-state index in [1.165, 1.54) is 10.7 Å². The molecule has 0 radical (unpaired) electrons. The summed E-state index contributed by atoms with van der Waals surface area (Å²) in [5.74, 6) is -0.630. The van der Waals surface area contributed by atoms with Crippen LogP contribution in [0.25, 0.3) is 5.69 Å². The van der Waals surface area contributed by atoms with Crippen LogP contribution in [0.2, 0.25) is 10.0 Å². The molecule has 0 aliphatic rings. The average Bonchev–Trinajstić information content (AvgIpc) is 2.59. The second-order valence-electron chi connectivity index (χ2n) is 6.25. The van der Waals surface area contributed by atoms with Crippen LogP contribution in [-0.4, -0.2) is 15.7 Å². The molecule has 7 heteroatoms. The molecule has 3 aromatic rings. The second-order valence-corrected chi connectivity index (χ2v) is 7.07. The van der Waals surface area contributed by atoms with E-state index in [4.69, 9.17) is 23.2 Å². The van der Waals surface area contributed by atoms with Gasteiger partial charge in [0.05, 0.1) is 21.4 Å². The van der Waals surface area contributed by atoms with Crippen LogP contribution < -0.4 is 10.7 Å². The van der Waals surface area contributed by atoms with Gasteiger partial charge < -0.3 is 5.32 Å². The predicted molar refractivity (Wildman–Crippen MR) is 108 cm³/mol. The maximum atomic E-state index is 12.7. The van der Waals surface area contributed by atoms with Crippen molar-refractivity contribution in [2.75, 3.05) is 5.32 Å². The summed E-state index contributed by atoms with van der Waals surface area (Å²) in [6.45, 7) is 5.47. The molecule has 0 atom stereocenters. The van der Waals surface area contributed by atoms with Crippen LogP contribution in [0.1, 0.15) is 27.3 Å². The van der Waals surface area contributed by atoms with E-state index in [0.717, 1.165) is 11.1 Å². The molecule has 0 aliphatic carbocycles. The fourth-order valence-electron chi connectivity index (χ4n) is 2.82. The van der Waals surface area contributed by atoms with Crippen molar-refractivity contribution >= 4 is 34.8 Å². The molecule has 0 saturated carbocycles. The number of aryl methyl sites for hydroxylation is 3. The number of anilines is 1. The van der Waals surface area contributed by atoms with Gasteiger partial charge in [0, 0.05) is 11.8 Å². The van der Waals surface area contributed by atoms with Crippen LogP contribution in [0, 0.1) is 20.8 Å². The monoisotopic (exact) mass is 401 g/mol. The Morgan fingerprint density at radius 2 is 1.74 bits per heavy atom. The van der Waals surface area contributed by atoms with Crippen LogP contribution in [0.5, 0.6) is 0 Å². The normalized spacial score (nSPS) is 10.7. The maximum absolute atomic E-state index is 12.7. The van der Waals surface area contributed by atoms with Crippen molar-refractivity contribution in [3.05, 3.63) is 85.2 Å². The zero-order chi connectivity index (χ0) is 19.7. The van der Waals surface area contributed by atoms with Gasteiger partial charge in [0.2, 0.25) is 5.43 Å². The highest BCUT2D eigenvalue weighted by atomic mass is 35.5. The molecule has 1 amide bonds. The van der Waals surface area contributed by atoms with Gasteiger partial charge in [0.25, 0.3) is 5.91 Å². The quantitative estimate of drug-likeness (QED) is 0.690. The maximum Gasteiger partial charge on any atom is 0.280 e. The Morgan fingerprint density at radius 1 is 1.04 bits per heavy atom. The van der Waals surface area contributed by atoms with Gasteiger partial charge in [-0.25, -0.2) is 4.68 Å². The number of halogens is 2. The van der Waals surface area contributed by atoms with E-state index in [1.807, 2.05) is 19.9 Å². The number of aromatic nitrogens is 2. The Kier molecular flexibility index (Phi) is 5.35. The lowest BCUT2D eigenvalue weighted by Gasteiger charge is -2.14. The molecule has 0 spiro atoms. The van der Waals surface area contributed by atoms with Crippen molar-refractivity contribution < 1.29 is 4.79 Å². The summed E-state index contributed by atoms with van der Waals surface area (Å²) in [5.41, 5.74) is 2.66. The molecular weight excluding hydrogens is 385 g/mol. The number of carbonyl (C=O) groups is 1. The molecule has 1 aromatic heterocycles. The van der Waals surface area contributed by atoms with Gasteiger partial charge in [-0.2, -0.15) is 5.10 Å². The molecule has 0 bridgehead atoms. The number of para-hydroxylation sites is 1. The number of benzene rings is 2. The summed E-state index contributed by atoms with van der Waals surface area (Å²) >= 11 is 12.5. The van der Waals surface area contributed by atoms with Gasteiger partial charge in [-0.15, -0.1) is 0 Å². The summed E-state index contributed by atoms with van der Waals surface area (Å²) in [4.78, 5) is 25.1. The number of hydrogen-bond donors (Lipinski definition) is 1. The van der Waals surface area contributed by atoms with Gasteiger partial charge in [-0.3, -0.25) is 9.59 Å². The fraction of sp³-hybridized carbons (Fsp3) is 0.150. The first-order valence-electron chi connectivity index (χ1n) is 8.22. The van der Waals surface area contributed by atoms with Gasteiger partial charge in [-0.1, -0.05) is 41.4 Å². The van der Waals surface area contributed by atoms with Gasteiger partial charge in [0.15, 0.2) is 5.69 Å². The van der Waals surface area contributed by atoms with Crippen molar-refractivity contribution in [1.82, 2.24) is 9.78 Å². The highest BCUT2D eigenvalue weighted by Gasteiger charge is 2.18. The highest BCUT2D eigenvalue weighted by molar-refractivity contribution is 6.34. The van der Waals surface area contributed by atoms with Crippen molar-refractivity contribution in [2.45, 2.75) is 20.8 Å². The number of amides is 1. The Hall–Kier alpha value is -2.63. The standard InChI is InChI=1S/C20H17Cl2N3O2/c1-11-8-12(2)18(15(22)9-11)23-20(27)19-17(26)10-13(3)25(24-19)16-7-5-4-6-14(16)21/h4-10H,1-3H3,(H,23,27). The molecule has 5 nitrogen and oxygen atoms in total. The molecule has 1 N–H and O–H groups in total.